The van der Waals surface area contributed by atoms with Crippen LogP contribution in [0.3, 0.4) is 0 Å². The van der Waals surface area contributed by atoms with Crippen LogP contribution in [-0.4, -0.2) is 68.1 Å². The molecular formula is C21H21N5O3. The average molecular weight is 391 g/mol. The number of carbonyl (C=O) groups excluding carboxylic acids is 2. The first-order valence-electron chi connectivity index (χ1n) is 9.74. The van der Waals surface area contributed by atoms with Gasteiger partial charge < -0.3 is 14.5 Å². The van der Waals surface area contributed by atoms with Gasteiger partial charge in [0.1, 0.15) is 0 Å². The molecule has 8 nitrogen and oxygen atoms in total. The molecule has 5 rings (SSSR count). The van der Waals surface area contributed by atoms with E-state index in [1.807, 2.05) is 35.2 Å². The number of likely N-dealkylation sites (tertiary alicyclic amines) is 1. The normalized spacial score (nSPS) is 22.0. The number of hydrogen-bond acceptors (Lipinski definition) is 5. The maximum absolute atomic E-state index is 13.2. The van der Waals surface area contributed by atoms with Gasteiger partial charge in [-0.25, -0.2) is 9.50 Å². The maximum Gasteiger partial charge on any atom is 0.274 e. The molecule has 2 aromatic heterocycles. The van der Waals surface area contributed by atoms with Gasteiger partial charge in [-0.2, -0.15) is 5.10 Å². The van der Waals surface area contributed by atoms with Crippen LogP contribution in [0.15, 0.2) is 54.9 Å². The van der Waals surface area contributed by atoms with Crippen molar-refractivity contribution in [1.29, 1.82) is 0 Å². The number of rotatable bonds is 3. The van der Waals surface area contributed by atoms with E-state index < -0.39 is 0 Å². The van der Waals surface area contributed by atoms with Gasteiger partial charge >= 0.3 is 0 Å². The number of fused-ring (bicyclic) bond motifs is 2. The fraction of sp³-hybridized carbons (Fsp3) is 0.333. The van der Waals surface area contributed by atoms with Crippen LogP contribution < -0.4 is 0 Å². The monoisotopic (exact) mass is 391 g/mol. The first kappa shape index (κ1) is 17.8. The Kier molecular flexibility index (Phi) is 4.48. The minimum Gasteiger partial charge on any atom is -0.374 e. The first-order chi connectivity index (χ1) is 14.2. The quantitative estimate of drug-likeness (QED) is 0.674. The summed E-state index contributed by atoms with van der Waals surface area (Å²) in [6.07, 6.45) is 3.35. The second kappa shape index (κ2) is 7.29. The van der Waals surface area contributed by atoms with Gasteiger partial charge in [0.2, 0.25) is 5.91 Å². The van der Waals surface area contributed by atoms with Gasteiger partial charge in [-0.3, -0.25) is 9.59 Å². The van der Waals surface area contributed by atoms with Crippen molar-refractivity contribution in [3.8, 4) is 0 Å². The first-order valence-corrected chi connectivity index (χ1v) is 9.74. The number of nitrogens with zero attached hydrogens (tertiary/aromatic N) is 5. The molecule has 0 unspecified atom stereocenters. The average Bonchev–Trinajstić information content (AvgIpc) is 3.33. The van der Waals surface area contributed by atoms with Gasteiger partial charge in [-0.15, -0.1) is 0 Å². The molecular weight excluding hydrogens is 370 g/mol. The fourth-order valence-electron chi connectivity index (χ4n) is 4.13. The Balaban J connectivity index is 1.40. The molecule has 2 saturated heterocycles. The molecule has 2 amide bonds. The second-order valence-corrected chi connectivity index (χ2v) is 7.38. The third-order valence-corrected chi connectivity index (χ3v) is 5.59. The van der Waals surface area contributed by atoms with Crippen LogP contribution in [-0.2, 0) is 16.1 Å². The van der Waals surface area contributed by atoms with Crippen molar-refractivity contribution in [3.63, 3.8) is 0 Å². The molecule has 0 bridgehead atoms. The van der Waals surface area contributed by atoms with Gasteiger partial charge in [0.15, 0.2) is 11.3 Å². The van der Waals surface area contributed by atoms with Crippen LogP contribution in [0.25, 0.3) is 5.65 Å². The fourth-order valence-corrected chi connectivity index (χ4v) is 4.13. The Labute approximate surface area is 167 Å². The third-order valence-electron chi connectivity index (χ3n) is 5.59. The van der Waals surface area contributed by atoms with Gasteiger partial charge in [0.05, 0.1) is 31.4 Å². The van der Waals surface area contributed by atoms with Gasteiger partial charge in [-0.05, 0) is 17.7 Å². The van der Waals surface area contributed by atoms with Crippen molar-refractivity contribution in [2.45, 2.75) is 25.1 Å². The molecule has 3 aromatic rings. The largest absolute Gasteiger partial charge is 0.374 e. The van der Waals surface area contributed by atoms with E-state index in [0.29, 0.717) is 44.0 Å². The molecule has 2 aliphatic rings. The highest BCUT2D eigenvalue weighted by molar-refractivity contribution is 5.93. The van der Waals surface area contributed by atoms with Crippen molar-refractivity contribution >= 4 is 17.5 Å². The second-order valence-electron chi connectivity index (χ2n) is 7.38. The molecule has 0 aliphatic carbocycles. The van der Waals surface area contributed by atoms with E-state index in [1.54, 1.807) is 33.9 Å². The predicted molar refractivity (Wildman–Crippen MR) is 104 cm³/mol. The number of ether oxygens (including phenoxy) is 1. The predicted octanol–water partition coefficient (Wildman–Crippen LogP) is 1.37. The van der Waals surface area contributed by atoms with E-state index in [0.717, 1.165) is 5.56 Å². The highest BCUT2D eigenvalue weighted by Gasteiger charge is 2.43. The molecule has 148 valence electrons. The number of imidazole rings is 1. The van der Waals surface area contributed by atoms with Crippen LogP contribution in [0.5, 0.6) is 0 Å². The zero-order valence-electron chi connectivity index (χ0n) is 15.8. The summed E-state index contributed by atoms with van der Waals surface area (Å²) >= 11 is 0. The van der Waals surface area contributed by atoms with Crippen molar-refractivity contribution in [1.82, 2.24) is 24.4 Å². The molecule has 0 radical (unpaired) electrons. The third kappa shape index (κ3) is 3.25. The van der Waals surface area contributed by atoms with E-state index in [-0.39, 0.29) is 24.0 Å². The summed E-state index contributed by atoms with van der Waals surface area (Å²) < 4.78 is 7.50. The van der Waals surface area contributed by atoms with E-state index in [2.05, 4.69) is 10.1 Å². The highest BCUT2D eigenvalue weighted by Crippen LogP contribution is 2.26. The van der Waals surface area contributed by atoms with Crippen LogP contribution in [0, 0.1) is 0 Å². The molecule has 2 atom stereocenters. The van der Waals surface area contributed by atoms with Gasteiger partial charge in [0, 0.05) is 25.8 Å². The Hall–Kier alpha value is -3.26. The summed E-state index contributed by atoms with van der Waals surface area (Å²) in [5, 5.41) is 4.23. The lowest BCUT2D eigenvalue weighted by molar-refractivity contribution is -0.133. The Morgan fingerprint density at radius 2 is 2.00 bits per heavy atom. The minimum absolute atomic E-state index is 0.0621. The highest BCUT2D eigenvalue weighted by atomic mass is 16.5. The van der Waals surface area contributed by atoms with Crippen molar-refractivity contribution in [2.24, 2.45) is 0 Å². The summed E-state index contributed by atoms with van der Waals surface area (Å²) in [6.45, 7) is 1.78. The van der Waals surface area contributed by atoms with Crippen molar-refractivity contribution in [3.05, 3.63) is 66.1 Å². The lowest BCUT2D eigenvalue weighted by atomic mass is 10.1. The van der Waals surface area contributed by atoms with E-state index in [1.165, 1.54) is 0 Å². The molecule has 4 heterocycles. The Morgan fingerprint density at radius 1 is 1.14 bits per heavy atom. The molecule has 1 aromatic carbocycles. The molecule has 2 aliphatic heterocycles. The minimum atomic E-state index is -0.193. The molecule has 8 heteroatoms. The van der Waals surface area contributed by atoms with Gasteiger partial charge in [0.25, 0.3) is 5.91 Å². The standard InChI is InChI=1S/C21H21N5O3/c27-20-8-10-29-18-14-24(13-17(18)25(20)12-15-5-2-1-3-6-15)21(28)16-11-22-19-7-4-9-23-26(16)19/h1-7,9,11,17-18H,8,10,12-14H2/t17-,18-/m0/s1. The number of aromatic nitrogens is 3. The Morgan fingerprint density at radius 3 is 2.86 bits per heavy atom. The van der Waals surface area contributed by atoms with Crippen molar-refractivity contribution < 1.29 is 14.3 Å². The van der Waals surface area contributed by atoms with Crippen LogP contribution in [0.4, 0.5) is 0 Å². The zero-order chi connectivity index (χ0) is 19.8. The zero-order valence-corrected chi connectivity index (χ0v) is 15.8. The van der Waals surface area contributed by atoms with E-state index >= 15 is 0 Å². The van der Waals surface area contributed by atoms with Crippen LogP contribution >= 0.6 is 0 Å². The van der Waals surface area contributed by atoms with Crippen LogP contribution in [0.1, 0.15) is 22.5 Å². The summed E-state index contributed by atoms with van der Waals surface area (Å²) in [7, 11) is 0. The molecule has 2 fully saturated rings. The SMILES string of the molecule is O=C(c1cnc2cccnn12)N1C[C@@H]2OCCC(=O)N(Cc3ccccc3)[C@H]2C1. The number of hydrogen-bond donors (Lipinski definition) is 0. The molecule has 0 saturated carbocycles. The topological polar surface area (TPSA) is 80.0 Å². The maximum atomic E-state index is 13.2. The number of benzene rings is 1. The smallest absolute Gasteiger partial charge is 0.274 e. The molecule has 29 heavy (non-hydrogen) atoms. The summed E-state index contributed by atoms with van der Waals surface area (Å²) in [6, 6.07) is 13.3. The van der Waals surface area contributed by atoms with Crippen LogP contribution in [0.2, 0.25) is 0 Å². The summed E-state index contributed by atoms with van der Waals surface area (Å²) in [4.78, 5) is 33.8. The number of carbonyl (C=O) groups is 2. The Bertz CT molecular complexity index is 1050. The van der Waals surface area contributed by atoms with Gasteiger partial charge in [-0.1, -0.05) is 30.3 Å². The van der Waals surface area contributed by atoms with E-state index in [9.17, 15) is 9.59 Å². The molecule has 0 N–H and O–H groups in total. The van der Waals surface area contributed by atoms with E-state index in [4.69, 9.17) is 4.74 Å². The lowest BCUT2D eigenvalue weighted by Gasteiger charge is -2.29. The number of amides is 2. The summed E-state index contributed by atoms with van der Waals surface area (Å²) in [5.41, 5.74) is 2.11. The molecule has 0 spiro atoms. The lowest BCUT2D eigenvalue weighted by Crippen LogP contribution is -2.45. The summed E-state index contributed by atoms with van der Waals surface area (Å²) in [5.74, 6) is -0.0906. The van der Waals surface area contributed by atoms with Crippen molar-refractivity contribution in [2.75, 3.05) is 19.7 Å².